The zero-order valence-electron chi connectivity index (χ0n) is 9.33. The van der Waals surface area contributed by atoms with Crippen molar-refractivity contribution in [3.05, 3.63) is 29.6 Å². The van der Waals surface area contributed by atoms with E-state index in [0.717, 1.165) is 23.4 Å². The first kappa shape index (κ1) is 9.70. The summed E-state index contributed by atoms with van der Waals surface area (Å²) in [6.07, 6.45) is 2.60. The smallest absolute Gasteiger partial charge is 0.0409 e. The summed E-state index contributed by atoms with van der Waals surface area (Å²) in [5, 5.41) is 0. The molecule has 0 bridgehead atoms. The van der Waals surface area contributed by atoms with E-state index in [4.69, 9.17) is 0 Å². The summed E-state index contributed by atoms with van der Waals surface area (Å²) >= 11 is 0. The summed E-state index contributed by atoms with van der Waals surface area (Å²) in [6.45, 7) is 6.72. The van der Waals surface area contributed by atoms with Crippen molar-refractivity contribution in [1.82, 2.24) is 4.98 Å². The third-order valence-electron chi connectivity index (χ3n) is 3.25. The lowest BCUT2D eigenvalue weighted by atomic mass is 10.0. The lowest BCUT2D eigenvalue weighted by molar-refractivity contribution is 0.514. The van der Waals surface area contributed by atoms with Gasteiger partial charge in [-0.1, -0.05) is 19.9 Å². The molecule has 1 heteroatoms. The average Bonchev–Trinajstić information content (AvgIpc) is 2.84. The van der Waals surface area contributed by atoms with Gasteiger partial charge in [-0.15, -0.1) is 0 Å². The van der Waals surface area contributed by atoms with Gasteiger partial charge < -0.3 is 0 Å². The highest BCUT2D eigenvalue weighted by Gasteiger charge is 2.38. The van der Waals surface area contributed by atoms with Gasteiger partial charge in [0, 0.05) is 11.4 Å². The second-order valence-corrected chi connectivity index (χ2v) is 4.88. The molecule has 1 nitrogen and oxygen atoms in total. The van der Waals surface area contributed by atoms with Crippen LogP contribution in [0.4, 0.5) is 0 Å². The molecule has 14 heavy (non-hydrogen) atoms. The minimum absolute atomic E-state index is 0.852. The monoisotopic (exact) mass is 189 g/mol. The van der Waals surface area contributed by atoms with Crippen molar-refractivity contribution >= 4 is 0 Å². The normalized spacial score (nSPS) is 25.4. The van der Waals surface area contributed by atoms with Crippen LogP contribution in [0.1, 0.15) is 31.7 Å². The maximum Gasteiger partial charge on any atom is 0.0409 e. The van der Waals surface area contributed by atoms with Crippen molar-refractivity contribution in [2.45, 2.75) is 33.6 Å². The molecule has 0 N–H and O–H groups in total. The van der Waals surface area contributed by atoms with Gasteiger partial charge in [-0.25, -0.2) is 0 Å². The molecule has 1 fully saturated rings. The third-order valence-corrected chi connectivity index (χ3v) is 3.25. The lowest BCUT2D eigenvalue weighted by Crippen LogP contribution is -1.98. The summed E-state index contributed by atoms with van der Waals surface area (Å²) < 4.78 is 0. The van der Waals surface area contributed by atoms with Gasteiger partial charge in [-0.05, 0) is 49.7 Å². The number of nitrogens with zero attached hydrogens (tertiary/aromatic N) is 1. The SMILES string of the molecule is Cc1cccc(CC2CC2C(C)C)n1. The van der Waals surface area contributed by atoms with Crippen molar-refractivity contribution in [3.8, 4) is 0 Å². The molecule has 2 unspecified atom stereocenters. The Morgan fingerprint density at radius 1 is 1.43 bits per heavy atom. The fraction of sp³-hybridized carbons (Fsp3) is 0.615. The third kappa shape index (κ3) is 2.14. The van der Waals surface area contributed by atoms with Gasteiger partial charge in [-0.3, -0.25) is 4.98 Å². The highest BCUT2D eigenvalue weighted by atomic mass is 14.7. The average molecular weight is 189 g/mol. The standard InChI is InChI=1S/C13H19N/c1-9(2)13-8-11(13)7-12-6-4-5-10(3)14-12/h4-6,9,11,13H,7-8H2,1-3H3. The Labute approximate surface area is 86.6 Å². The van der Waals surface area contributed by atoms with Crippen LogP contribution >= 0.6 is 0 Å². The molecule has 1 aromatic heterocycles. The van der Waals surface area contributed by atoms with Crippen molar-refractivity contribution in [2.75, 3.05) is 0 Å². The molecule has 0 amide bonds. The first-order chi connectivity index (χ1) is 6.66. The predicted octanol–water partition coefficient (Wildman–Crippen LogP) is 3.22. The highest BCUT2D eigenvalue weighted by Crippen LogP contribution is 2.45. The van der Waals surface area contributed by atoms with Crippen LogP contribution in [0.15, 0.2) is 18.2 Å². The minimum atomic E-state index is 0.852. The second kappa shape index (κ2) is 3.72. The highest BCUT2D eigenvalue weighted by molar-refractivity contribution is 5.12. The van der Waals surface area contributed by atoms with E-state index in [2.05, 4.69) is 44.0 Å². The van der Waals surface area contributed by atoms with Gasteiger partial charge in [0.25, 0.3) is 0 Å². The molecule has 1 saturated carbocycles. The van der Waals surface area contributed by atoms with Crippen LogP contribution in [0.2, 0.25) is 0 Å². The Hall–Kier alpha value is -0.850. The Bertz CT molecular complexity index is 317. The van der Waals surface area contributed by atoms with Crippen molar-refractivity contribution in [3.63, 3.8) is 0 Å². The fourth-order valence-corrected chi connectivity index (χ4v) is 2.30. The Morgan fingerprint density at radius 3 is 2.79 bits per heavy atom. The maximum atomic E-state index is 4.55. The van der Waals surface area contributed by atoms with Crippen molar-refractivity contribution in [2.24, 2.45) is 17.8 Å². The number of rotatable bonds is 3. The molecular weight excluding hydrogens is 170 g/mol. The van der Waals surface area contributed by atoms with E-state index in [0.29, 0.717) is 0 Å². The van der Waals surface area contributed by atoms with Crippen LogP contribution in [0.5, 0.6) is 0 Å². The number of aromatic nitrogens is 1. The molecule has 0 radical (unpaired) electrons. The van der Waals surface area contributed by atoms with Gasteiger partial charge >= 0.3 is 0 Å². The molecule has 2 atom stereocenters. The van der Waals surface area contributed by atoms with Crippen LogP contribution in [-0.2, 0) is 6.42 Å². The van der Waals surface area contributed by atoms with Gasteiger partial charge in [-0.2, -0.15) is 0 Å². The minimum Gasteiger partial charge on any atom is -0.258 e. The van der Waals surface area contributed by atoms with Crippen LogP contribution in [0.3, 0.4) is 0 Å². The summed E-state index contributed by atoms with van der Waals surface area (Å²) in [6, 6.07) is 6.34. The predicted molar refractivity (Wildman–Crippen MR) is 59.1 cm³/mol. The quantitative estimate of drug-likeness (QED) is 0.711. The number of aryl methyl sites for hydroxylation is 1. The van der Waals surface area contributed by atoms with E-state index < -0.39 is 0 Å². The Balaban J connectivity index is 1.93. The number of hydrogen-bond donors (Lipinski definition) is 0. The molecule has 0 aromatic carbocycles. The number of pyridine rings is 1. The van der Waals surface area contributed by atoms with E-state index in [9.17, 15) is 0 Å². The molecule has 1 aromatic rings. The first-order valence-electron chi connectivity index (χ1n) is 5.59. The van der Waals surface area contributed by atoms with Crippen LogP contribution in [0.25, 0.3) is 0 Å². The van der Waals surface area contributed by atoms with E-state index >= 15 is 0 Å². The van der Waals surface area contributed by atoms with E-state index in [1.807, 2.05) is 0 Å². The van der Waals surface area contributed by atoms with Crippen LogP contribution in [-0.4, -0.2) is 4.98 Å². The maximum absolute atomic E-state index is 4.55. The molecule has 1 aliphatic rings. The van der Waals surface area contributed by atoms with E-state index in [1.165, 1.54) is 18.5 Å². The second-order valence-electron chi connectivity index (χ2n) is 4.88. The van der Waals surface area contributed by atoms with Gasteiger partial charge in [0.15, 0.2) is 0 Å². The van der Waals surface area contributed by atoms with E-state index in [-0.39, 0.29) is 0 Å². The molecule has 0 saturated heterocycles. The largest absolute Gasteiger partial charge is 0.258 e. The Kier molecular flexibility index (Phi) is 2.58. The topological polar surface area (TPSA) is 12.9 Å². The zero-order chi connectivity index (χ0) is 10.1. The first-order valence-corrected chi connectivity index (χ1v) is 5.59. The van der Waals surface area contributed by atoms with Crippen molar-refractivity contribution in [1.29, 1.82) is 0 Å². The summed E-state index contributed by atoms with van der Waals surface area (Å²) in [4.78, 5) is 4.55. The van der Waals surface area contributed by atoms with E-state index in [1.54, 1.807) is 0 Å². The van der Waals surface area contributed by atoms with Gasteiger partial charge in [0.05, 0.1) is 0 Å². The van der Waals surface area contributed by atoms with Gasteiger partial charge in [0.1, 0.15) is 0 Å². The Morgan fingerprint density at radius 2 is 2.21 bits per heavy atom. The van der Waals surface area contributed by atoms with Crippen LogP contribution < -0.4 is 0 Å². The molecular formula is C13H19N. The summed E-state index contributed by atoms with van der Waals surface area (Å²) in [7, 11) is 0. The molecule has 1 aliphatic carbocycles. The molecule has 76 valence electrons. The lowest BCUT2D eigenvalue weighted by Gasteiger charge is -2.03. The summed E-state index contributed by atoms with van der Waals surface area (Å²) in [5.41, 5.74) is 2.42. The zero-order valence-corrected chi connectivity index (χ0v) is 9.33. The molecule has 0 aliphatic heterocycles. The van der Waals surface area contributed by atoms with Gasteiger partial charge in [0.2, 0.25) is 0 Å². The molecule has 0 spiro atoms. The van der Waals surface area contributed by atoms with Crippen LogP contribution in [0, 0.1) is 24.7 Å². The van der Waals surface area contributed by atoms with Crippen molar-refractivity contribution < 1.29 is 0 Å². The number of hydrogen-bond acceptors (Lipinski definition) is 1. The summed E-state index contributed by atoms with van der Waals surface area (Å²) in [5.74, 6) is 2.71. The molecule has 2 rings (SSSR count). The fourth-order valence-electron chi connectivity index (χ4n) is 2.30. The molecule has 1 heterocycles.